The van der Waals surface area contributed by atoms with Gasteiger partial charge in [0.1, 0.15) is 8.80 Å². The summed E-state index contributed by atoms with van der Waals surface area (Å²) >= 11 is 0. The molecule has 169 valence electrons. The first-order chi connectivity index (χ1) is 17.8. The van der Waals surface area contributed by atoms with Crippen molar-refractivity contribution in [1.82, 2.24) is 9.97 Å². The van der Waals surface area contributed by atoms with E-state index in [1.54, 1.807) is 0 Å². The van der Waals surface area contributed by atoms with E-state index in [2.05, 4.69) is 128 Å². The minimum atomic E-state index is -0.945. The van der Waals surface area contributed by atoms with Crippen LogP contribution in [0.3, 0.4) is 0 Å². The quantitative estimate of drug-likeness (QED) is 0.262. The summed E-state index contributed by atoms with van der Waals surface area (Å²) in [7, 11) is -0.945. The first-order valence-electron chi connectivity index (χ1n) is 12.3. The Morgan fingerprint density at radius 1 is 0.528 bits per heavy atom. The van der Waals surface area contributed by atoms with Crippen LogP contribution in [0.1, 0.15) is 0 Å². The van der Waals surface area contributed by atoms with Crippen LogP contribution in [0.5, 0.6) is 0 Å². The summed E-state index contributed by atoms with van der Waals surface area (Å²) in [5, 5.41) is 5.24. The fraction of sp³-hybridized carbons (Fsp3) is 0.0303. The Balaban J connectivity index is 1.45. The van der Waals surface area contributed by atoms with Crippen molar-refractivity contribution in [2.45, 2.75) is 6.55 Å². The van der Waals surface area contributed by atoms with Crippen molar-refractivity contribution in [3.63, 3.8) is 0 Å². The van der Waals surface area contributed by atoms with Gasteiger partial charge in [0.15, 0.2) is 5.82 Å². The van der Waals surface area contributed by atoms with Crippen LogP contribution in [0.2, 0.25) is 6.55 Å². The van der Waals surface area contributed by atoms with Gasteiger partial charge < -0.3 is 0 Å². The second kappa shape index (κ2) is 8.40. The van der Waals surface area contributed by atoms with Gasteiger partial charge in [-0.05, 0) is 43.9 Å². The van der Waals surface area contributed by atoms with Gasteiger partial charge in [0, 0.05) is 11.1 Å². The number of hydrogen-bond donors (Lipinski definition) is 0. The SMILES string of the molecule is C[Si]1c2ccccc2-c2nc(-c3cccc(-c4cccc5ccccc45)c3)nc(-c3ccccc3)c21. The highest BCUT2D eigenvalue weighted by atomic mass is 28.3. The highest BCUT2D eigenvalue weighted by molar-refractivity contribution is 6.89. The highest BCUT2D eigenvalue weighted by Gasteiger charge is 2.32. The van der Waals surface area contributed by atoms with Gasteiger partial charge in [-0.2, -0.15) is 0 Å². The molecule has 0 fully saturated rings. The standard InChI is InChI=1S/C33H23N2Si/c1-36-29-20-8-7-18-28(29)31-32(36)30(23-12-3-2-4-13-23)34-33(35-31)25-16-9-15-24(21-25)27-19-10-14-22-11-5-6-17-26(22)27/h2-21H,1H3. The molecular formula is C33H23N2Si. The second-order valence-corrected chi connectivity index (χ2v) is 11.6. The molecule has 1 aliphatic rings. The third-order valence-electron chi connectivity index (χ3n) is 7.14. The third kappa shape index (κ3) is 3.32. The molecule has 0 spiro atoms. The Kier molecular flexibility index (Phi) is 4.90. The zero-order valence-electron chi connectivity index (χ0n) is 19.9. The predicted octanol–water partition coefficient (Wildman–Crippen LogP) is 6.85. The van der Waals surface area contributed by atoms with Gasteiger partial charge in [0.2, 0.25) is 0 Å². The second-order valence-electron chi connectivity index (χ2n) is 9.26. The molecule has 36 heavy (non-hydrogen) atoms. The molecule has 0 amide bonds. The molecule has 0 saturated carbocycles. The van der Waals surface area contributed by atoms with Crippen molar-refractivity contribution in [2.24, 2.45) is 0 Å². The molecule has 6 aromatic rings. The molecule has 0 unspecified atom stereocenters. The van der Waals surface area contributed by atoms with Crippen LogP contribution >= 0.6 is 0 Å². The van der Waals surface area contributed by atoms with Gasteiger partial charge in [-0.25, -0.2) is 9.97 Å². The summed E-state index contributed by atoms with van der Waals surface area (Å²) < 4.78 is 0. The zero-order chi connectivity index (χ0) is 24.1. The first kappa shape index (κ1) is 21.0. The molecule has 2 nitrogen and oxygen atoms in total. The minimum Gasteiger partial charge on any atom is -0.228 e. The molecule has 0 aliphatic carbocycles. The first-order valence-corrected chi connectivity index (χ1v) is 14.3. The maximum Gasteiger partial charge on any atom is 0.160 e. The highest BCUT2D eigenvalue weighted by Crippen LogP contribution is 2.33. The molecule has 0 N–H and O–H groups in total. The van der Waals surface area contributed by atoms with Crippen LogP contribution < -0.4 is 10.4 Å². The molecule has 1 aromatic heterocycles. The van der Waals surface area contributed by atoms with E-state index in [1.807, 2.05) is 0 Å². The molecule has 1 radical (unpaired) electrons. The van der Waals surface area contributed by atoms with E-state index < -0.39 is 8.80 Å². The van der Waals surface area contributed by atoms with E-state index in [0.29, 0.717) is 0 Å². The predicted molar refractivity (Wildman–Crippen MR) is 152 cm³/mol. The Morgan fingerprint density at radius 2 is 1.17 bits per heavy atom. The Bertz CT molecular complexity index is 1750. The lowest BCUT2D eigenvalue weighted by Crippen LogP contribution is -2.36. The van der Waals surface area contributed by atoms with Crippen LogP contribution in [-0.2, 0) is 0 Å². The molecule has 0 atom stereocenters. The molecule has 0 bridgehead atoms. The number of nitrogens with zero attached hydrogens (tertiary/aromatic N) is 2. The topological polar surface area (TPSA) is 25.8 Å². The average Bonchev–Trinajstić information content (AvgIpc) is 3.24. The van der Waals surface area contributed by atoms with E-state index in [9.17, 15) is 0 Å². The maximum atomic E-state index is 5.23. The van der Waals surface area contributed by atoms with Crippen LogP contribution in [0.15, 0.2) is 121 Å². The zero-order valence-corrected chi connectivity index (χ0v) is 20.9. The Morgan fingerprint density at radius 3 is 2.08 bits per heavy atom. The largest absolute Gasteiger partial charge is 0.228 e. The fourth-order valence-electron chi connectivity index (χ4n) is 5.40. The summed E-state index contributed by atoms with van der Waals surface area (Å²) in [4.78, 5) is 10.4. The van der Waals surface area contributed by atoms with Gasteiger partial charge in [0.25, 0.3) is 0 Å². The molecule has 1 aliphatic heterocycles. The van der Waals surface area contributed by atoms with E-state index in [1.165, 1.54) is 37.8 Å². The Hall–Kier alpha value is -4.34. The number of rotatable bonds is 3. The maximum absolute atomic E-state index is 5.23. The molecular weight excluding hydrogens is 452 g/mol. The molecule has 7 rings (SSSR count). The Labute approximate surface area is 212 Å². The fourth-order valence-corrected chi connectivity index (χ4v) is 7.72. The van der Waals surface area contributed by atoms with Crippen molar-refractivity contribution in [3.05, 3.63) is 121 Å². The van der Waals surface area contributed by atoms with Crippen LogP contribution in [0.4, 0.5) is 0 Å². The van der Waals surface area contributed by atoms with Gasteiger partial charge in [0.05, 0.1) is 11.4 Å². The lowest BCUT2D eigenvalue weighted by molar-refractivity contribution is 1.20. The van der Waals surface area contributed by atoms with Crippen molar-refractivity contribution in [3.8, 4) is 45.0 Å². The van der Waals surface area contributed by atoms with Gasteiger partial charge >= 0.3 is 0 Å². The van der Waals surface area contributed by atoms with Crippen LogP contribution in [0, 0.1) is 0 Å². The average molecular weight is 476 g/mol. The minimum absolute atomic E-state index is 0.779. The van der Waals surface area contributed by atoms with Crippen molar-refractivity contribution in [1.29, 1.82) is 0 Å². The van der Waals surface area contributed by atoms with Gasteiger partial charge in [-0.3, -0.25) is 0 Å². The van der Waals surface area contributed by atoms with Crippen molar-refractivity contribution >= 4 is 29.9 Å². The lowest BCUT2D eigenvalue weighted by Gasteiger charge is -2.14. The van der Waals surface area contributed by atoms with E-state index in [0.717, 1.165) is 28.3 Å². The third-order valence-corrected chi connectivity index (χ3v) is 9.61. The smallest absolute Gasteiger partial charge is 0.160 e. The van der Waals surface area contributed by atoms with Crippen molar-refractivity contribution < 1.29 is 0 Å². The number of hydrogen-bond acceptors (Lipinski definition) is 2. The number of benzene rings is 5. The number of aromatic nitrogens is 2. The normalized spacial score (nSPS) is 12.5. The van der Waals surface area contributed by atoms with Crippen molar-refractivity contribution in [2.75, 3.05) is 0 Å². The van der Waals surface area contributed by atoms with Gasteiger partial charge in [-0.15, -0.1) is 0 Å². The summed E-state index contributed by atoms with van der Waals surface area (Å²) in [5.74, 6) is 0.779. The van der Waals surface area contributed by atoms with E-state index >= 15 is 0 Å². The van der Waals surface area contributed by atoms with Crippen LogP contribution in [-0.4, -0.2) is 18.8 Å². The molecule has 2 heterocycles. The summed E-state index contributed by atoms with van der Waals surface area (Å²) in [6.45, 7) is 2.37. The van der Waals surface area contributed by atoms with E-state index in [4.69, 9.17) is 9.97 Å². The summed E-state index contributed by atoms with van der Waals surface area (Å²) in [6, 6.07) is 43.0. The molecule has 0 saturated heterocycles. The van der Waals surface area contributed by atoms with Crippen LogP contribution in [0.25, 0.3) is 55.8 Å². The summed E-state index contributed by atoms with van der Waals surface area (Å²) in [5.41, 5.74) is 8.02. The van der Waals surface area contributed by atoms with E-state index in [-0.39, 0.29) is 0 Å². The monoisotopic (exact) mass is 475 g/mol. The summed E-state index contributed by atoms with van der Waals surface area (Å²) in [6.07, 6.45) is 0. The van der Waals surface area contributed by atoms with Gasteiger partial charge in [-0.1, -0.05) is 122 Å². The lowest BCUT2D eigenvalue weighted by atomic mass is 9.97. The molecule has 3 heteroatoms. The molecule has 5 aromatic carbocycles. The number of fused-ring (bicyclic) bond motifs is 4.